The van der Waals surface area contributed by atoms with Gasteiger partial charge in [-0.3, -0.25) is 4.79 Å². The number of aromatic nitrogens is 3. The first-order chi connectivity index (χ1) is 12.3. The van der Waals surface area contributed by atoms with E-state index in [-0.39, 0.29) is 11.7 Å². The lowest BCUT2D eigenvalue weighted by atomic mass is 10.1. The van der Waals surface area contributed by atoms with E-state index in [9.17, 15) is 4.79 Å². The van der Waals surface area contributed by atoms with Gasteiger partial charge in [-0.05, 0) is 17.7 Å². The van der Waals surface area contributed by atoms with Gasteiger partial charge in [0, 0.05) is 36.1 Å². The lowest BCUT2D eigenvalue weighted by molar-refractivity contribution is 0.0953. The van der Waals surface area contributed by atoms with Crippen LogP contribution in [0.3, 0.4) is 0 Å². The van der Waals surface area contributed by atoms with Crippen molar-refractivity contribution in [3.05, 3.63) is 78.9 Å². The molecule has 0 radical (unpaired) electrons. The zero-order valence-electron chi connectivity index (χ0n) is 13.7. The van der Waals surface area contributed by atoms with Crippen molar-refractivity contribution in [2.75, 3.05) is 7.05 Å². The Kier molecular flexibility index (Phi) is 3.74. The molecule has 1 N–H and O–H groups in total. The third kappa shape index (κ3) is 2.65. The number of para-hydroxylation sites is 1. The van der Waals surface area contributed by atoms with E-state index in [1.54, 1.807) is 13.2 Å². The van der Waals surface area contributed by atoms with Gasteiger partial charge in [0.25, 0.3) is 5.91 Å². The van der Waals surface area contributed by atoms with E-state index < -0.39 is 0 Å². The van der Waals surface area contributed by atoms with Gasteiger partial charge in [0.2, 0.25) is 5.82 Å². The molecule has 0 fully saturated rings. The summed E-state index contributed by atoms with van der Waals surface area (Å²) in [7, 11) is 1.57. The fraction of sp³-hybridized carbons (Fsp3) is 0.0500. The minimum absolute atomic E-state index is 0.157. The average Bonchev–Trinajstić information content (AvgIpc) is 3.07. The van der Waals surface area contributed by atoms with Crippen LogP contribution in [-0.4, -0.2) is 27.5 Å². The second kappa shape index (κ2) is 6.20. The Hall–Kier alpha value is -3.47. The quantitative estimate of drug-likeness (QED) is 0.626. The minimum atomic E-state index is -0.302. The zero-order valence-corrected chi connectivity index (χ0v) is 13.7. The first kappa shape index (κ1) is 15.1. The monoisotopic (exact) mass is 328 g/mol. The van der Waals surface area contributed by atoms with E-state index in [0.717, 1.165) is 22.2 Å². The third-order valence-corrected chi connectivity index (χ3v) is 4.09. The Morgan fingerprint density at radius 3 is 2.36 bits per heavy atom. The van der Waals surface area contributed by atoms with Gasteiger partial charge in [-0.25, -0.2) is 9.97 Å². The number of benzene rings is 2. The summed E-state index contributed by atoms with van der Waals surface area (Å²) in [6.07, 6.45) is 3.76. The first-order valence-corrected chi connectivity index (χ1v) is 7.99. The molecule has 2 aromatic carbocycles. The maximum absolute atomic E-state index is 11.9. The number of hydrogen-bond donors (Lipinski definition) is 1. The zero-order chi connectivity index (χ0) is 17.2. The summed E-state index contributed by atoms with van der Waals surface area (Å²) in [5, 5.41) is 3.48. The van der Waals surface area contributed by atoms with Gasteiger partial charge in [-0.1, -0.05) is 48.5 Å². The molecule has 0 saturated carbocycles. The summed E-state index contributed by atoms with van der Waals surface area (Å²) < 4.78 is 1.99. The molecule has 4 aromatic rings. The molecule has 0 unspecified atom stereocenters. The van der Waals surface area contributed by atoms with Crippen molar-refractivity contribution in [3.8, 4) is 16.8 Å². The van der Waals surface area contributed by atoms with E-state index in [2.05, 4.69) is 27.4 Å². The molecule has 0 atom stereocenters. The largest absolute Gasteiger partial charge is 0.352 e. The highest BCUT2D eigenvalue weighted by atomic mass is 16.2. The molecule has 0 aliphatic heterocycles. The lowest BCUT2D eigenvalue weighted by Gasteiger charge is -2.04. The predicted octanol–water partition coefficient (Wildman–Crippen LogP) is 3.45. The van der Waals surface area contributed by atoms with Crippen molar-refractivity contribution in [1.82, 2.24) is 19.9 Å². The fourth-order valence-corrected chi connectivity index (χ4v) is 2.86. The Balaban J connectivity index is 2.01. The summed E-state index contributed by atoms with van der Waals surface area (Å²) in [5.41, 5.74) is 3.80. The molecule has 25 heavy (non-hydrogen) atoms. The maximum Gasteiger partial charge on any atom is 0.288 e. The number of hydrogen-bond acceptors (Lipinski definition) is 3. The van der Waals surface area contributed by atoms with Crippen LogP contribution in [0.2, 0.25) is 0 Å². The number of rotatable bonds is 3. The Labute approximate surface area is 145 Å². The number of carbonyl (C=O) groups excluding carboxylic acids is 1. The standard InChI is InChI=1S/C20H16N4O/c1-21-20(25)18-22-12-16-17(14-8-4-2-5-9-14)13-24(19(16)23-18)15-10-6-3-7-11-15/h2-13H,1H3,(H,21,25). The molecule has 5 nitrogen and oxygen atoms in total. The summed E-state index contributed by atoms with van der Waals surface area (Å²) in [4.78, 5) is 20.7. The highest BCUT2D eigenvalue weighted by Gasteiger charge is 2.16. The molecule has 1 amide bonds. The molecule has 0 aliphatic rings. The van der Waals surface area contributed by atoms with Crippen molar-refractivity contribution in [2.45, 2.75) is 0 Å². The van der Waals surface area contributed by atoms with Crippen LogP contribution >= 0.6 is 0 Å². The van der Waals surface area contributed by atoms with Gasteiger partial charge in [-0.2, -0.15) is 0 Å². The molecule has 0 aliphatic carbocycles. The molecule has 0 spiro atoms. The van der Waals surface area contributed by atoms with E-state index in [0.29, 0.717) is 5.65 Å². The molecule has 2 aromatic heterocycles. The van der Waals surface area contributed by atoms with Gasteiger partial charge in [0.15, 0.2) is 0 Å². The van der Waals surface area contributed by atoms with Crippen molar-refractivity contribution < 1.29 is 4.79 Å². The highest BCUT2D eigenvalue weighted by Crippen LogP contribution is 2.31. The second-order valence-corrected chi connectivity index (χ2v) is 5.62. The van der Waals surface area contributed by atoms with Crippen molar-refractivity contribution in [1.29, 1.82) is 0 Å². The molecule has 0 bridgehead atoms. The number of nitrogens with one attached hydrogen (secondary N) is 1. The van der Waals surface area contributed by atoms with Gasteiger partial charge in [0.05, 0.1) is 0 Å². The van der Waals surface area contributed by atoms with Crippen LogP contribution in [0.15, 0.2) is 73.1 Å². The second-order valence-electron chi connectivity index (χ2n) is 5.62. The Morgan fingerprint density at radius 2 is 1.68 bits per heavy atom. The first-order valence-electron chi connectivity index (χ1n) is 7.99. The van der Waals surface area contributed by atoms with Crippen LogP contribution < -0.4 is 5.32 Å². The normalized spacial score (nSPS) is 10.8. The van der Waals surface area contributed by atoms with Crippen LogP contribution in [0.25, 0.3) is 27.8 Å². The van der Waals surface area contributed by atoms with Gasteiger partial charge in [-0.15, -0.1) is 0 Å². The minimum Gasteiger partial charge on any atom is -0.352 e. The fourth-order valence-electron chi connectivity index (χ4n) is 2.86. The number of nitrogens with zero attached hydrogens (tertiary/aromatic N) is 3. The average molecular weight is 328 g/mol. The number of carbonyl (C=O) groups is 1. The van der Waals surface area contributed by atoms with E-state index in [1.165, 1.54) is 0 Å². The Morgan fingerprint density at radius 1 is 1.00 bits per heavy atom. The van der Waals surface area contributed by atoms with Crippen molar-refractivity contribution in [2.24, 2.45) is 0 Å². The van der Waals surface area contributed by atoms with Crippen LogP contribution in [0.5, 0.6) is 0 Å². The molecule has 2 heterocycles. The lowest BCUT2D eigenvalue weighted by Crippen LogP contribution is -2.20. The highest BCUT2D eigenvalue weighted by molar-refractivity contribution is 5.97. The van der Waals surface area contributed by atoms with Gasteiger partial charge < -0.3 is 9.88 Å². The maximum atomic E-state index is 11.9. The summed E-state index contributed by atoms with van der Waals surface area (Å²) in [5.74, 6) is -0.145. The molecule has 5 heteroatoms. The predicted molar refractivity (Wildman–Crippen MR) is 97.7 cm³/mol. The van der Waals surface area contributed by atoms with Crippen LogP contribution in [0, 0.1) is 0 Å². The number of amides is 1. The van der Waals surface area contributed by atoms with Crippen molar-refractivity contribution >= 4 is 16.9 Å². The Bertz CT molecular complexity index is 1040. The van der Waals surface area contributed by atoms with Crippen LogP contribution in [0.4, 0.5) is 0 Å². The van der Waals surface area contributed by atoms with Crippen LogP contribution in [0.1, 0.15) is 10.6 Å². The van der Waals surface area contributed by atoms with E-state index >= 15 is 0 Å². The third-order valence-electron chi connectivity index (χ3n) is 4.09. The van der Waals surface area contributed by atoms with E-state index in [4.69, 9.17) is 0 Å². The van der Waals surface area contributed by atoms with Crippen molar-refractivity contribution in [3.63, 3.8) is 0 Å². The summed E-state index contributed by atoms with van der Waals surface area (Å²) in [6.45, 7) is 0. The van der Waals surface area contributed by atoms with Crippen LogP contribution in [-0.2, 0) is 0 Å². The summed E-state index contributed by atoms with van der Waals surface area (Å²) in [6, 6.07) is 20.0. The molecule has 122 valence electrons. The SMILES string of the molecule is CNC(=O)c1ncc2c(-c3ccccc3)cn(-c3ccccc3)c2n1. The van der Waals surface area contributed by atoms with E-state index in [1.807, 2.05) is 59.3 Å². The topological polar surface area (TPSA) is 59.8 Å². The smallest absolute Gasteiger partial charge is 0.288 e. The molecular weight excluding hydrogens is 312 g/mol. The number of fused-ring (bicyclic) bond motifs is 1. The molecule has 0 saturated heterocycles. The van der Waals surface area contributed by atoms with Gasteiger partial charge >= 0.3 is 0 Å². The summed E-state index contributed by atoms with van der Waals surface area (Å²) >= 11 is 0. The van der Waals surface area contributed by atoms with Gasteiger partial charge in [0.1, 0.15) is 5.65 Å². The molecule has 4 rings (SSSR count). The molecular formula is C20H16N4O.